The van der Waals surface area contributed by atoms with Crippen LogP contribution in [0.4, 0.5) is 0 Å². The molecule has 0 saturated heterocycles. The van der Waals surface area contributed by atoms with Gasteiger partial charge in [0.25, 0.3) is 5.91 Å². The Morgan fingerprint density at radius 2 is 1.94 bits per heavy atom. The number of allylic oxidation sites excluding steroid dienone is 1. The molecule has 7 heteroatoms. The van der Waals surface area contributed by atoms with Gasteiger partial charge in [-0.3, -0.25) is 9.78 Å². The highest BCUT2D eigenvalue weighted by atomic mass is 35.5. The highest BCUT2D eigenvalue weighted by molar-refractivity contribution is 7.21. The zero-order valence-electron chi connectivity index (χ0n) is 17.8. The van der Waals surface area contributed by atoms with Crippen LogP contribution in [0.15, 0.2) is 61.3 Å². The van der Waals surface area contributed by atoms with E-state index in [9.17, 15) is 4.79 Å². The number of carbonyl (C=O) groups excluding carboxylic acids is 1. The first-order chi connectivity index (χ1) is 15.9. The number of aromatic nitrogens is 1. The first-order valence-electron chi connectivity index (χ1n) is 10.5. The van der Waals surface area contributed by atoms with Gasteiger partial charge in [0.05, 0.1) is 22.9 Å². The predicted molar refractivity (Wildman–Crippen MR) is 137 cm³/mol. The summed E-state index contributed by atoms with van der Waals surface area (Å²) in [5.41, 5.74) is 5.09. The van der Waals surface area contributed by atoms with E-state index in [1.165, 1.54) is 11.3 Å². The Morgan fingerprint density at radius 3 is 2.70 bits per heavy atom. The highest BCUT2D eigenvalue weighted by Crippen LogP contribution is 2.41. The molecule has 1 N–H and O–H groups in total. The first-order valence-corrected chi connectivity index (χ1v) is 12.1. The Balaban J connectivity index is 1.59. The van der Waals surface area contributed by atoms with Crippen LogP contribution in [0.1, 0.15) is 40.2 Å². The molecule has 4 nitrogen and oxygen atoms in total. The normalized spacial score (nSPS) is 15.1. The third-order valence-electron chi connectivity index (χ3n) is 5.64. The fraction of sp³-hybridized carbons (Fsp3) is 0.154. The summed E-state index contributed by atoms with van der Waals surface area (Å²) in [6, 6.07) is 15.0. The maximum atomic E-state index is 13.5. The van der Waals surface area contributed by atoms with Crippen molar-refractivity contribution in [2.45, 2.75) is 19.4 Å². The van der Waals surface area contributed by atoms with Crippen LogP contribution in [0.2, 0.25) is 10.0 Å². The zero-order chi connectivity index (χ0) is 23.1. The van der Waals surface area contributed by atoms with Crippen LogP contribution in [0.5, 0.6) is 5.75 Å². The summed E-state index contributed by atoms with van der Waals surface area (Å²) in [7, 11) is 0. The lowest BCUT2D eigenvalue weighted by Gasteiger charge is -2.26. The van der Waals surface area contributed by atoms with E-state index in [1.54, 1.807) is 12.3 Å². The summed E-state index contributed by atoms with van der Waals surface area (Å²) >= 11 is 13.9. The maximum absolute atomic E-state index is 13.5. The van der Waals surface area contributed by atoms with E-state index in [0.717, 1.165) is 43.8 Å². The number of hydrogen-bond acceptors (Lipinski definition) is 4. The molecule has 3 heterocycles. The van der Waals surface area contributed by atoms with Crippen molar-refractivity contribution in [2.24, 2.45) is 0 Å². The van der Waals surface area contributed by atoms with Crippen molar-refractivity contribution in [3.8, 4) is 16.9 Å². The van der Waals surface area contributed by atoms with Crippen LogP contribution in [-0.2, 0) is 0 Å². The molecule has 1 aliphatic heterocycles. The molecule has 0 saturated carbocycles. The van der Waals surface area contributed by atoms with Crippen molar-refractivity contribution < 1.29 is 9.53 Å². The Morgan fingerprint density at radius 1 is 1.18 bits per heavy atom. The van der Waals surface area contributed by atoms with Crippen LogP contribution in [0.3, 0.4) is 0 Å². The van der Waals surface area contributed by atoms with Crippen molar-refractivity contribution in [2.75, 3.05) is 6.61 Å². The minimum Gasteiger partial charge on any atom is -0.493 e. The number of pyridine rings is 1. The molecule has 1 aliphatic rings. The summed E-state index contributed by atoms with van der Waals surface area (Å²) in [4.78, 5) is 18.7. The number of hydrogen-bond donors (Lipinski definition) is 1. The highest BCUT2D eigenvalue weighted by Gasteiger charge is 2.27. The van der Waals surface area contributed by atoms with E-state index >= 15 is 0 Å². The molecule has 33 heavy (non-hydrogen) atoms. The van der Waals surface area contributed by atoms with Crippen molar-refractivity contribution in [1.82, 2.24) is 10.3 Å². The average Bonchev–Trinajstić information content (AvgIpc) is 3.19. The topological polar surface area (TPSA) is 51.2 Å². The Hall–Kier alpha value is -2.86. The molecular formula is C26H20Cl2N2O2S. The molecule has 0 spiro atoms. The van der Waals surface area contributed by atoms with E-state index in [4.69, 9.17) is 27.9 Å². The van der Waals surface area contributed by atoms with Crippen LogP contribution in [0.25, 0.3) is 26.9 Å². The number of benzene rings is 2. The second-order valence-electron chi connectivity index (χ2n) is 7.98. The van der Waals surface area contributed by atoms with Crippen LogP contribution >= 0.6 is 34.5 Å². The smallest absolute Gasteiger partial charge is 0.262 e. The van der Waals surface area contributed by atoms with Crippen LogP contribution in [0, 0.1) is 0 Å². The Bertz CT molecular complexity index is 1390. The number of para-hydroxylation sites is 1. The van der Waals surface area contributed by atoms with Gasteiger partial charge < -0.3 is 10.1 Å². The second-order valence-corrected chi connectivity index (χ2v) is 9.88. The van der Waals surface area contributed by atoms with E-state index in [2.05, 4.69) is 16.9 Å². The molecule has 0 radical (unpaired) electrons. The molecule has 5 rings (SSSR count). The summed E-state index contributed by atoms with van der Waals surface area (Å²) < 4.78 is 6.64. The third kappa shape index (κ3) is 4.12. The molecule has 2 aromatic heterocycles. The third-order valence-corrected chi connectivity index (χ3v) is 7.29. The Labute approximate surface area is 205 Å². The van der Waals surface area contributed by atoms with Crippen LogP contribution < -0.4 is 10.1 Å². The van der Waals surface area contributed by atoms with Gasteiger partial charge in [-0.2, -0.15) is 0 Å². The lowest BCUT2D eigenvalue weighted by molar-refractivity contribution is 0.0928. The monoisotopic (exact) mass is 494 g/mol. The van der Waals surface area contributed by atoms with Gasteiger partial charge in [0.1, 0.15) is 10.6 Å². The van der Waals surface area contributed by atoms with Gasteiger partial charge in [-0.25, -0.2) is 0 Å². The number of ether oxygens (including phenoxy) is 1. The molecule has 1 amide bonds. The van der Waals surface area contributed by atoms with E-state index in [0.29, 0.717) is 28.0 Å². The van der Waals surface area contributed by atoms with Crippen molar-refractivity contribution in [3.05, 3.63) is 87.4 Å². The number of carbonyl (C=O) groups is 1. The average molecular weight is 495 g/mol. The molecule has 0 unspecified atom stereocenters. The second kappa shape index (κ2) is 8.82. The summed E-state index contributed by atoms with van der Waals surface area (Å²) in [6.07, 6.45) is 2.45. The largest absolute Gasteiger partial charge is 0.493 e. The van der Waals surface area contributed by atoms with E-state index < -0.39 is 0 Å². The van der Waals surface area contributed by atoms with Crippen molar-refractivity contribution in [1.29, 1.82) is 0 Å². The number of halogens is 2. The number of amides is 1. The quantitative estimate of drug-likeness (QED) is 0.318. The minimum absolute atomic E-state index is 0.121. The van der Waals surface area contributed by atoms with Gasteiger partial charge in [0.15, 0.2) is 0 Å². The van der Waals surface area contributed by atoms with Crippen LogP contribution in [-0.4, -0.2) is 17.5 Å². The summed E-state index contributed by atoms with van der Waals surface area (Å²) in [6.45, 7) is 6.58. The number of nitrogens with one attached hydrogen (secondary N) is 1. The molecule has 1 atom stereocenters. The molecule has 0 bridgehead atoms. The van der Waals surface area contributed by atoms with Gasteiger partial charge in [-0.05, 0) is 48.4 Å². The van der Waals surface area contributed by atoms with Crippen molar-refractivity contribution >= 4 is 56.2 Å². The fourth-order valence-corrected chi connectivity index (χ4v) is 6.00. The maximum Gasteiger partial charge on any atom is 0.262 e. The van der Waals surface area contributed by atoms with Gasteiger partial charge in [0, 0.05) is 39.4 Å². The molecular weight excluding hydrogens is 475 g/mol. The van der Waals surface area contributed by atoms with Gasteiger partial charge >= 0.3 is 0 Å². The minimum atomic E-state index is -0.146. The first kappa shape index (κ1) is 22.0. The van der Waals surface area contributed by atoms with E-state index in [1.807, 2.05) is 49.4 Å². The lowest BCUT2D eigenvalue weighted by atomic mass is 10.00. The number of nitrogens with zero attached hydrogens (tertiary/aromatic N) is 1. The standard InChI is InChI=1S/C26H20Cl2N2O2S/c1-14(2)22-23-24(18(7-9-29-23)15-11-16(27)13-17(28)12-15)33-25(22)26(31)30-20-8-10-32-21-6-4-3-5-19(20)21/h3-7,9,11-13,20H,1,8,10H2,2H3,(H,30,31)/t20-/m0/s1. The zero-order valence-corrected chi connectivity index (χ0v) is 20.2. The molecule has 4 aromatic rings. The van der Waals surface area contributed by atoms with E-state index in [-0.39, 0.29) is 11.9 Å². The number of thiophene rings is 1. The molecule has 0 fully saturated rings. The molecule has 0 aliphatic carbocycles. The summed E-state index contributed by atoms with van der Waals surface area (Å²) in [5.74, 6) is 0.667. The number of fused-ring (bicyclic) bond motifs is 2. The Kier molecular flexibility index (Phi) is 5.87. The van der Waals surface area contributed by atoms with Gasteiger partial charge in [-0.1, -0.05) is 48.0 Å². The fourth-order valence-electron chi connectivity index (χ4n) is 4.20. The molecule has 166 valence electrons. The SMILES string of the molecule is C=C(C)c1c(C(=O)N[C@H]2CCOc3ccccc32)sc2c(-c3cc(Cl)cc(Cl)c3)ccnc12. The van der Waals surface area contributed by atoms with Crippen molar-refractivity contribution in [3.63, 3.8) is 0 Å². The summed E-state index contributed by atoms with van der Waals surface area (Å²) in [5, 5.41) is 4.31. The number of rotatable bonds is 4. The van der Waals surface area contributed by atoms with Gasteiger partial charge in [0.2, 0.25) is 0 Å². The molecule has 2 aromatic carbocycles. The van der Waals surface area contributed by atoms with Gasteiger partial charge in [-0.15, -0.1) is 11.3 Å². The predicted octanol–water partition coefficient (Wildman–Crippen LogP) is 7.56. The lowest BCUT2D eigenvalue weighted by Crippen LogP contribution is -2.32.